The van der Waals surface area contributed by atoms with Crippen LogP contribution in [0.2, 0.25) is 0 Å². The van der Waals surface area contributed by atoms with Crippen molar-refractivity contribution in [2.75, 3.05) is 0 Å². The number of aliphatic hydroxyl groups is 1. The molecule has 1 fully saturated rings. The summed E-state index contributed by atoms with van der Waals surface area (Å²) < 4.78 is 1.98. The van der Waals surface area contributed by atoms with E-state index >= 15 is 0 Å². The Morgan fingerprint density at radius 3 is 2.59 bits per heavy atom. The maximum atomic E-state index is 9.34. The van der Waals surface area contributed by atoms with Crippen LogP contribution >= 0.6 is 0 Å². The molecule has 4 heteroatoms. The molecule has 2 aromatic rings. The second-order valence-electron chi connectivity index (χ2n) is 4.62. The van der Waals surface area contributed by atoms with Gasteiger partial charge < -0.3 is 5.11 Å². The Bertz CT molecular complexity index is 521. The van der Waals surface area contributed by atoms with Crippen LogP contribution in [0.3, 0.4) is 0 Å². The highest BCUT2D eigenvalue weighted by Crippen LogP contribution is 2.46. The van der Waals surface area contributed by atoms with Crippen molar-refractivity contribution in [3.05, 3.63) is 42.0 Å². The third-order valence-corrected chi connectivity index (χ3v) is 3.35. The lowest BCUT2D eigenvalue weighted by Crippen LogP contribution is -2.05. The summed E-state index contributed by atoms with van der Waals surface area (Å²) in [7, 11) is 0. The fourth-order valence-electron chi connectivity index (χ4n) is 2.21. The molecule has 0 aliphatic heterocycles. The molecule has 0 bridgehead atoms. The number of nitrogens with zero attached hydrogens (tertiary/aromatic N) is 3. The zero-order valence-electron chi connectivity index (χ0n) is 9.74. The van der Waals surface area contributed by atoms with Gasteiger partial charge in [0.15, 0.2) is 5.82 Å². The molecule has 0 saturated heterocycles. The van der Waals surface area contributed by atoms with Gasteiger partial charge in [0.2, 0.25) is 0 Å². The predicted molar refractivity (Wildman–Crippen MR) is 63.8 cm³/mol. The highest BCUT2D eigenvalue weighted by Gasteiger charge is 2.38. The molecule has 2 unspecified atom stereocenters. The van der Waals surface area contributed by atoms with E-state index in [1.165, 1.54) is 0 Å². The highest BCUT2D eigenvalue weighted by molar-refractivity contribution is 5.35. The largest absolute Gasteiger partial charge is 0.388 e. The Labute approximate surface area is 99.9 Å². The average molecular weight is 229 g/mol. The molecule has 0 spiro atoms. The van der Waals surface area contributed by atoms with E-state index in [0.29, 0.717) is 17.7 Å². The zero-order valence-corrected chi connectivity index (χ0v) is 9.74. The molecule has 0 radical (unpaired) electrons. The summed E-state index contributed by atoms with van der Waals surface area (Å²) in [5, 5.41) is 17.6. The maximum absolute atomic E-state index is 9.34. The average Bonchev–Trinajstić information content (AvgIpc) is 2.94. The molecule has 17 heavy (non-hydrogen) atoms. The van der Waals surface area contributed by atoms with Gasteiger partial charge in [-0.3, -0.25) is 4.57 Å². The second-order valence-corrected chi connectivity index (χ2v) is 4.62. The van der Waals surface area contributed by atoms with E-state index in [4.69, 9.17) is 0 Å². The Morgan fingerprint density at radius 2 is 2.00 bits per heavy atom. The second kappa shape index (κ2) is 3.96. The third-order valence-electron chi connectivity index (χ3n) is 3.35. The van der Waals surface area contributed by atoms with E-state index in [2.05, 4.69) is 17.1 Å². The summed E-state index contributed by atoms with van der Waals surface area (Å²) in [5.74, 6) is 2.76. The van der Waals surface area contributed by atoms with Crippen molar-refractivity contribution in [1.82, 2.24) is 14.8 Å². The highest BCUT2D eigenvalue weighted by atomic mass is 16.3. The van der Waals surface area contributed by atoms with E-state index in [-0.39, 0.29) is 6.61 Å². The van der Waals surface area contributed by atoms with Crippen molar-refractivity contribution in [3.63, 3.8) is 0 Å². The summed E-state index contributed by atoms with van der Waals surface area (Å²) in [6, 6.07) is 9.97. The van der Waals surface area contributed by atoms with Crippen LogP contribution < -0.4 is 0 Å². The van der Waals surface area contributed by atoms with Gasteiger partial charge in [-0.05, 0) is 24.5 Å². The van der Waals surface area contributed by atoms with E-state index in [9.17, 15) is 5.11 Å². The molecular formula is C13H15N3O. The van der Waals surface area contributed by atoms with Crippen LogP contribution in [-0.2, 0) is 6.61 Å². The van der Waals surface area contributed by atoms with Crippen LogP contribution in [0.25, 0.3) is 5.69 Å². The molecular weight excluding hydrogens is 214 g/mol. The number of para-hydroxylation sites is 1. The summed E-state index contributed by atoms with van der Waals surface area (Å²) in [6.45, 7) is 2.14. The van der Waals surface area contributed by atoms with E-state index in [1.807, 2.05) is 34.9 Å². The minimum absolute atomic E-state index is 0.0804. The van der Waals surface area contributed by atoms with Crippen LogP contribution in [-0.4, -0.2) is 19.9 Å². The van der Waals surface area contributed by atoms with Gasteiger partial charge in [0.05, 0.1) is 0 Å². The van der Waals surface area contributed by atoms with Crippen LogP contribution in [0, 0.1) is 5.92 Å². The minimum Gasteiger partial charge on any atom is -0.388 e. The first-order valence-corrected chi connectivity index (χ1v) is 5.91. The first-order valence-electron chi connectivity index (χ1n) is 5.91. The van der Waals surface area contributed by atoms with Crippen molar-refractivity contribution in [2.45, 2.75) is 25.9 Å². The van der Waals surface area contributed by atoms with Gasteiger partial charge in [-0.15, -0.1) is 10.2 Å². The van der Waals surface area contributed by atoms with E-state index < -0.39 is 0 Å². The molecule has 1 aromatic heterocycles. The van der Waals surface area contributed by atoms with Gasteiger partial charge in [-0.25, -0.2) is 0 Å². The van der Waals surface area contributed by atoms with Crippen molar-refractivity contribution >= 4 is 0 Å². The number of aliphatic hydroxyl groups excluding tert-OH is 1. The molecule has 3 rings (SSSR count). The third kappa shape index (κ3) is 1.74. The van der Waals surface area contributed by atoms with Crippen LogP contribution in [0.5, 0.6) is 0 Å². The summed E-state index contributed by atoms with van der Waals surface area (Å²) in [5.41, 5.74) is 1.02. The number of aromatic nitrogens is 3. The van der Waals surface area contributed by atoms with Crippen molar-refractivity contribution in [2.24, 2.45) is 5.92 Å². The molecule has 1 aromatic carbocycles. The Morgan fingerprint density at radius 1 is 1.29 bits per heavy atom. The lowest BCUT2D eigenvalue weighted by atomic mass is 10.2. The molecule has 1 heterocycles. The summed E-state index contributed by atoms with van der Waals surface area (Å²) in [6.07, 6.45) is 1.16. The molecule has 88 valence electrons. The standard InChI is InChI=1S/C13H15N3O/c1-9-7-11(9)13-15-14-12(8-17)16(13)10-5-3-2-4-6-10/h2-6,9,11,17H,7-8H2,1H3. The van der Waals surface area contributed by atoms with Gasteiger partial charge in [0.25, 0.3) is 0 Å². The van der Waals surface area contributed by atoms with Gasteiger partial charge in [-0.2, -0.15) is 0 Å². The van der Waals surface area contributed by atoms with Gasteiger partial charge in [-0.1, -0.05) is 25.1 Å². The monoisotopic (exact) mass is 229 g/mol. The lowest BCUT2D eigenvalue weighted by Gasteiger charge is -2.08. The Balaban J connectivity index is 2.10. The van der Waals surface area contributed by atoms with Gasteiger partial charge in [0.1, 0.15) is 12.4 Å². The Hall–Kier alpha value is -1.68. The molecule has 1 aliphatic rings. The van der Waals surface area contributed by atoms with Crippen molar-refractivity contribution in [1.29, 1.82) is 0 Å². The SMILES string of the molecule is CC1CC1c1nnc(CO)n1-c1ccccc1. The summed E-state index contributed by atoms with van der Waals surface area (Å²) in [4.78, 5) is 0. The summed E-state index contributed by atoms with van der Waals surface area (Å²) >= 11 is 0. The molecule has 1 N–H and O–H groups in total. The lowest BCUT2D eigenvalue weighted by molar-refractivity contribution is 0.268. The molecule has 0 amide bonds. The number of hydrogen-bond acceptors (Lipinski definition) is 3. The van der Waals surface area contributed by atoms with Crippen LogP contribution in [0.15, 0.2) is 30.3 Å². The van der Waals surface area contributed by atoms with Crippen LogP contribution in [0.4, 0.5) is 0 Å². The molecule has 2 atom stereocenters. The van der Waals surface area contributed by atoms with E-state index in [1.54, 1.807) is 0 Å². The first kappa shape index (κ1) is 10.5. The first-order chi connectivity index (χ1) is 8.31. The number of hydrogen-bond donors (Lipinski definition) is 1. The molecule has 1 aliphatic carbocycles. The fraction of sp³-hybridized carbons (Fsp3) is 0.385. The van der Waals surface area contributed by atoms with Gasteiger partial charge in [0, 0.05) is 11.6 Å². The minimum atomic E-state index is -0.0804. The van der Waals surface area contributed by atoms with Gasteiger partial charge >= 0.3 is 0 Å². The quantitative estimate of drug-likeness (QED) is 0.874. The van der Waals surface area contributed by atoms with E-state index in [0.717, 1.165) is 17.9 Å². The number of rotatable bonds is 3. The predicted octanol–water partition coefficient (Wildman–Crippen LogP) is 1.88. The van der Waals surface area contributed by atoms with Crippen LogP contribution in [0.1, 0.15) is 30.9 Å². The zero-order chi connectivity index (χ0) is 11.8. The van der Waals surface area contributed by atoms with Crippen molar-refractivity contribution in [3.8, 4) is 5.69 Å². The topological polar surface area (TPSA) is 50.9 Å². The number of benzene rings is 1. The molecule has 4 nitrogen and oxygen atoms in total. The van der Waals surface area contributed by atoms with Crippen molar-refractivity contribution < 1.29 is 5.11 Å². The fourth-order valence-corrected chi connectivity index (χ4v) is 2.21. The maximum Gasteiger partial charge on any atom is 0.163 e. The normalized spacial score (nSPS) is 22.7. The molecule has 1 saturated carbocycles. The smallest absolute Gasteiger partial charge is 0.163 e. The Kier molecular flexibility index (Phi) is 2.44.